The Morgan fingerprint density at radius 2 is 2.07 bits per heavy atom. The van der Waals surface area contributed by atoms with Crippen molar-refractivity contribution in [1.29, 1.82) is 0 Å². The van der Waals surface area contributed by atoms with Crippen LogP contribution in [-0.2, 0) is 15.1 Å². The second-order valence-electron chi connectivity index (χ2n) is 4.17. The summed E-state index contributed by atoms with van der Waals surface area (Å²) in [6.45, 7) is 0. The lowest BCUT2D eigenvalue weighted by molar-refractivity contribution is -0.157. The summed E-state index contributed by atoms with van der Waals surface area (Å²) in [5, 5.41) is 0. The predicted octanol–water partition coefficient (Wildman–Crippen LogP) is 2.24. The first-order valence-corrected chi connectivity index (χ1v) is 5.09. The van der Waals surface area contributed by atoms with Gasteiger partial charge in [0.1, 0.15) is 5.60 Å². The van der Waals surface area contributed by atoms with Gasteiger partial charge in [-0.3, -0.25) is 4.79 Å². The first kappa shape index (κ1) is 8.04. The molecule has 0 bridgehead atoms. The number of carbonyl (C=O) groups is 1. The lowest BCUT2D eigenvalue weighted by Crippen LogP contribution is -2.41. The predicted molar refractivity (Wildman–Crippen MR) is 51.6 cm³/mol. The Labute approximate surface area is 82.9 Å². The molecule has 2 nitrogen and oxygen atoms in total. The third kappa shape index (κ3) is 0.884. The van der Waals surface area contributed by atoms with Crippen LogP contribution in [0.5, 0.6) is 0 Å². The molecular weight excluding hydrogens is 176 g/mol. The second-order valence-corrected chi connectivity index (χ2v) is 4.17. The van der Waals surface area contributed by atoms with Crippen LogP contribution >= 0.6 is 0 Å². The number of benzene rings is 1. The summed E-state index contributed by atoms with van der Waals surface area (Å²) < 4.78 is 5.50. The van der Waals surface area contributed by atoms with Gasteiger partial charge in [-0.25, -0.2) is 0 Å². The Kier molecular flexibility index (Phi) is 1.49. The molecule has 72 valence electrons. The Morgan fingerprint density at radius 3 is 2.64 bits per heavy atom. The topological polar surface area (TPSA) is 26.3 Å². The molecule has 1 aliphatic heterocycles. The zero-order chi connectivity index (χ0) is 9.60. The molecule has 1 heterocycles. The molecule has 0 spiro atoms. The van der Waals surface area contributed by atoms with Gasteiger partial charge in [0.25, 0.3) is 0 Å². The first-order chi connectivity index (χ1) is 6.81. The molecule has 2 heteroatoms. The van der Waals surface area contributed by atoms with Gasteiger partial charge in [0.2, 0.25) is 0 Å². The van der Waals surface area contributed by atoms with Gasteiger partial charge in [0.05, 0.1) is 6.42 Å². The van der Waals surface area contributed by atoms with Gasteiger partial charge < -0.3 is 4.74 Å². The molecule has 1 saturated carbocycles. The summed E-state index contributed by atoms with van der Waals surface area (Å²) in [5.41, 5.74) is 0.917. The van der Waals surface area contributed by atoms with Crippen molar-refractivity contribution in [2.24, 2.45) is 5.92 Å². The van der Waals surface area contributed by atoms with Gasteiger partial charge in [-0.1, -0.05) is 30.3 Å². The van der Waals surface area contributed by atoms with Crippen molar-refractivity contribution >= 4 is 5.97 Å². The molecule has 0 N–H and O–H groups in total. The number of hydrogen-bond acceptors (Lipinski definition) is 2. The Morgan fingerprint density at radius 1 is 1.29 bits per heavy atom. The average molecular weight is 188 g/mol. The van der Waals surface area contributed by atoms with Crippen LogP contribution in [0.2, 0.25) is 0 Å². The highest BCUT2D eigenvalue weighted by Crippen LogP contribution is 2.55. The van der Waals surface area contributed by atoms with Crippen LogP contribution in [0.25, 0.3) is 0 Å². The molecule has 1 aromatic carbocycles. The van der Waals surface area contributed by atoms with E-state index in [1.807, 2.05) is 18.2 Å². The van der Waals surface area contributed by atoms with Crippen molar-refractivity contribution < 1.29 is 9.53 Å². The maximum atomic E-state index is 11.3. The molecule has 3 rings (SSSR count). The maximum absolute atomic E-state index is 11.3. The summed E-state index contributed by atoms with van der Waals surface area (Å²) in [5.74, 6) is 0.397. The van der Waals surface area contributed by atoms with E-state index in [4.69, 9.17) is 4.74 Å². The minimum Gasteiger partial charge on any atom is -0.454 e. The van der Waals surface area contributed by atoms with Crippen LogP contribution in [0.3, 0.4) is 0 Å². The van der Waals surface area contributed by atoms with Crippen LogP contribution in [0.15, 0.2) is 30.3 Å². The number of rotatable bonds is 1. The van der Waals surface area contributed by atoms with E-state index in [0.717, 1.165) is 12.8 Å². The van der Waals surface area contributed by atoms with Gasteiger partial charge in [-0.15, -0.1) is 0 Å². The summed E-state index contributed by atoms with van der Waals surface area (Å²) in [4.78, 5) is 11.3. The number of esters is 1. The lowest BCUT2D eigenvalue weighted by atomic mass is 9.66. The molecule has 14 heavy (non-hydrogen) atoms. The molecule has 0 radical (unpaired) electrons. The standard InChI is InChI=1S/C12H12O2/c13-11-8-10-6-7-12(10,14-11)9-4-2-1-3-5-9/h1-5,10H,6-8H2/t10-,12+/m1/s1. The quantitative estimate of drug-likeness (QED) is 0.632. The van der Waals surface area contributed by atoms with Crippen molar-refractivity contribution in [1.82, 2.24) is 0 Å². The van der Waals surface area contributed by atoms with Crippen LogP contribution in [0.1, 0.15) is 24.8 Å². The SMILES string of the molecule is O=C1C[C@H]2CC[C@@]2(c2ccccc2)O1. The second kappa shape index (κ2) is 2.59. The highest BCUT2D eigenvalue weighted by molar-refractivity contribution is 5.74. The highest BCUT2D eigenvalue weighted by Gasteiger charge is 2.56. The van der Waals surface area contributed by atoms with Crippen molar-refractivity contribution in [2.45, 2.75) is 24.9 Å². The van der Waals surface area contributed by atoms with Gasteiger partial charge in [-0.2, -0.15) is 0 Å². The summed E-state index contributed by atoms with van der Waals surface area (Å²) in [7, 11) is 0. The fraction of sp³-hybridized carbons (Fsp3) is 0.417. The summed E-state index contributed by atoms with van der Waals surface area (Å²) in [6.07, 6.45) is 2.73. The zero-order valence-electron chi connectivity index (χ0n) is 7.90. The van der Waals surface area contributed by atoms with Crippen LogP contribution in [-0.4, -0.2) is 5.97 Å². The molecule has 0 amide bonds. The third-order valence-electron chi connectivity index (χ3n) is 3.50. The van der Waals surface area contributed by atoms with Crippen LogP contribution in [0.4, 0.5) is 0 Å². The summed E-state index contributed by atoms with van der Waals surface area (Å²) >= 11 is 0. The number of fused-ring (bicyclic) bond motifs is 1. The van der Waals surface area contributed by atoms with Crippen molar-refractivity contribution in [2.75, 3.05) is 0 Å². The number of ether oxygens (including phenoxy) is 1. The molecule has 1 aliphatic carbocycles. The van der Waals surface area contributed by atoms with Crippen molar-refractivity contribution in [3.63, 3.8) is 0 Å². The van der Waals surface area contributed by atoms with Gasteiger partial charge in [0, 0.05) is 5.92 Å². The fourth-order valence-corrected chi connectivity index (χ4v) is 2.62. The Bertz CT molecular complexity index is 371. The molecule has 2 fully saturated rings. The van der Waals surface area contributed by atoms with E-state index in [2.05, 4.69) is 12.1 Å². The van der Waals surface area contributed by atoms with E-state index in [-0.39, 0.29) is 11.6 Å². The van der Waals surface area contributed by atoms with E-state index in [1.54, 1.807) is 0 Å². The fourth-order valence-electron chi connectivity index (χ4n) is 2.62. The van der Waals surface area contributed by atoms with E-state index in [0.29, 0.717) is 12.3 Å². The van der Waals surface area contributed by atoms with E-state index in [1.165, 1.54) is 5.56 Å². The average Bonchev–Trinajstić information content (AvgIpc) is 2.43. The maximum Gasteiger partial charge on any atom is 0.307 e. The van der Waals surface area contributed by atoms with Crippen molar-refractivity contribution in [3.8, 4) is 0 Å². The number of carbonyl (C=O) groups excluding carboxylic acids is 1. The van der Waals surface area contributed by atoms with Crippen LogP contribution < -0.4 is 0 Å². The molecule has 1 saturated heterocycles. The smallest absolute Gasteiger partial charge is 0.307 e. The molecule has 1 aromatic rings. The van der Waals surface area contributed by atoms with Crippen molar-refractivity contribution in [3.05, 3.63) is 35.9 Å². The zero-order valence-corrected chi connectivity index (χ0v) is 7.90. The van der Waals surface area contributed by atoms with E-state index < -0.39 is 0 Å². The molecule has 2 aliphatic rings. The molecule has 2 atom stereocenters. The molecular formula is C12H12O2. The monoisotopic (exact) mass is 188 g/mol. The summed E-state index contributed by atoms with van der Waals surface area (Å²) in [6, 6.07) is 10.1. The normalized spacial score (nSPS) is 34.6. The number of hydrogen-bond donors (Lipinski definition) is 0. The van der Waals surface area contributed by atoms with E-state index in [9.17, 15) is 4.79 Å². The minimum atomic E-state index is -0.252. The van der Waals surface area contributed by atoms with Crippen LogP contribution in [0, 0.1) is 5.92 Å². The Balaban J connectivity index is 2.02. The molecule has 0 unspecified atom stereocenters. The minimum absolute atomic E-state index is 0.0312. The van der Waals surface area contributed by atoms with Gasteiger partial charge in [-0.05, 0) is 18.4 Å². The first-order valence-electron chi connectivity index (χ1n) is 5.09. The third-order valence-corrected chi connectivity index (χ3v) is 3.50. The highest BCUT2D eigenvalue weighted by atomic mass is 16.6. The Hall–Kier alpha value is -1.31. The lowest BCUT2D eigenvalue weighted by Gasteiger charge is -2.42. The molecule has 0 aromatic heterocycles. The van der Waals surface area contributed by atoms with Gasteiger partial charge in [0.15, 0.2) is 0 Å². The largest absolute Gasteiger partial charge is 0.454 e. The van der Waals surface area contributed by atoms with E-state index >= 15 is 0 Å². The van der Waals surface area contributed by atoms with Gasteiger partial charge >= 0.3 is 5.97 Å².